The van der Waals surface area contributed by atoms with E-state index in [1.54, 1.807) is 14.2 Å². The average molecular weight is 412 g/mol. The molecule has 7 heteroatoms. The molecule has 0 spiro atoms. The van der Waals surface area contributed by atoms with Crippen LogP contribution in [0.4, 0.5) is 5.69 Å². The summed E-state index contributed by atoms with van der Waals surface area (Å²) >= 11 is 0. The monoisotopic (exact) mass is 411 g/mol. The lowest BCUT2D eigenvalue weighted by Gasteiger charge is -2.11. The predicted octanol–water partition coefficient (Wildman–Crippen LogP) is 4.36. The van der Waals surface area contributed by atoms with Gasteiger partial charge in [-0.25, -0.2) is 0 Å². The van der Waals surface area contributed by atoms with E-state index in [2.05, 4.69) is 9.88 Å². The zero-order valence-electron chi connectivity index (χ0n) is 18.2. The van der Waals surface area contributed by atoms with Gasteiger partial charge in [0.25, 0.3) is 0 Å². The van der Waals surface area contributed by atoms with Crippen molar-refractivity contribution < 1.29 is 19.3 Å². The molecule has 1 aromatic heterocycles. The summed E-state index contributed by atoms with van der Waals surface area (Å²) in [5.74, 6) is 2.07. The summed E-state index contributed by atoms with van der Waals surface area (Å²) in [6.07, 6.45) is 0.649. The van der Waals surface area contributed by atoms with E-state index in [9.17, 15) is 5.11 Å². The molecule has 0 radical (unpaired) electrons. The lowest BCUT2D eigenvalue weighted by molar-refractivity contribution is 0.261. The first-order valence-corrected chi connectivity index (χ1v) is 9.89. The van der Waals surface area contributed by atoms with Crippen LogP contribution in [-0.2, 0) is 0 Å². The molecule has 0 aliphatic heterocycles. The Labute approximate surface area is 176 Å². The van der Waals surface area contributed by atoms with Crippen molar-refractivity contribution in [1.29, 1.82) is 0 Å². The van der Waals surface area contributed by atoms with Gasteiger partial charge in [0.2, 0.25) is 0 Å². The number of rotatable bonds is 9. The molecule has 0 aliphatic carbocycles. The number of aliphatic imine (C=N–C) groups is 1. The number of aromatic hydroxyl groups is 1. The number of ether oxygens (including phenoxy) is 3. The van der Waals surface area contributed by atoms with E-state index in [0.717, 1.165) is 34.6 Å². The largest absolute Gasteiger partial charge is 0.494 e. The second-order valence-electron chi connectivity index (χ2n) is 7.16. The summed E-state index contributed by atoms with van der Waals surface area (Å²) in [6, 6.07) is 11.3. The first kappa shape index (κ1) is 21.5. The van der Waals surface area contributed by atoms with Crippen LogP contribution >= 0.6 is 0 Å². The van der Waals surface area contributed by atoms with Gasteiger partial charge in [-0.1, -0.05) is 6.92 Å². The van der Waals surface area contributed by atoms with Crippen LogP contribution < -0.4 is 14.2 Å². The van der Waals surface area contributed by atoms with Crippen molar-refractivity contribution >= 4 is 22.3 Å². The molecule has 0 bridgehead atoms. The third-order valence-electron chi connectivity index (χ3n) is 4.81. The van der Waals surface area contributed by atoms with Gasteiger partial charge in [-0.05, 0) is 50.8 Å². The highest BCUT2D eigenvalue weighted by Crippen LogP contribution is 2.37. The summed E-state index contributed by atoms with van der Waals surface area (Å²) in [7, 11) is 7.20. The number of nitrogens with one attached hydrogen (secondary N) is 1. The number of hydrogen-bond acceptors (Lipinski definition) is 6. The Hall–Kier alpha value is -3.19. The molecule has 0 unspecified atom stereocenters. The van der Waals surface area contributed by atoms with Gasteiger partial charge in [-0.15, -0.1) is 0 Å². The fourth-order valence-corrected chi connectivity index (χ4v) is 3.23. The minimum absolute atomic E-state index is 0.0737. The molecule has 0 fully saturated rings. The number of methoxy groups -OCH3 is 2. The van der Waals surface area contributed by atoms with Crippen LogP contribution in [0.5, 0.6) is 23.1 Å². The molecule has 0 saturated carbocycles. The summed E-state index contributed by atoms with van der Waals surface area (Å²) in [5.41, 5.74) is 2.99. The third-order valence-corrected chi connectivity index (χ3v) is 4.81. The molecule has 30 heavy (non-hydrogen) atoms. The van der Waals surface area contributed by atoms with Gasteiger partial charge >= 0.3 is 0 Å². The Morgan fingerprint density at radius 1 is 1.07 bits per heavy atom. The number of benzene rings is 2. The molecule has 1 heterocycles. The van der Waals surface area contributed by atoms with Crippen molar-refractivity contribution in [2.75, 3.05) is 41.5 Å². The van der Waals surface area contributed by atoms with Crippen LogP contribution in [0.3, 0.4) is 0 Å². The molecule has 3 aromatic rings. The molecule has 0 amide bonds. The van der Waals surface area contributed by atoms with Crippen molar-refractivity contribution in [3.05, 3.63) is 42.0 Å². The van der Waals surface area contributed by atoms with Gasteiger partial charge in [0.15, 0.2) is 17.4 Å². The molecule has 0 aliphatic rings. The SMILES string of the molecule is CCC(=Nc1ccc(OCCN(C)C)cc1)c1c(O)[nH]c2cc(OC)c(OC)cc12. The zero-order chi connectivity index (χ0) is 21.7. The minimum atomic E-state index is 0.0737. The van der Waals surface area contributed by atoms with E-state index in [-0.39, 0.29) is 5.88 Å². The maximum atomic E-state index is 10.6. The van der Waals surface area contributed by atoms with Gasteiger partial charge in [-0.2, -0.15) is 0 Å². The topological polar surface area (TPSA) is 79.3 Å². The molecular formula is C23H29N3O4. The Kier molecular flexibility index (Phi) is 6.84. The normalized spacial score (nSPS) is 11.9. The summed E-state index contributed by atoms with van der Waals surface area (Å²) in [4.78, 5) is 9.86. The van der Waals surface area contributed by atoms with Crippen LogP contribution in [0.2, 0.25) is 0 Å². The Bertz CT molecular complexity index is 1020. The first-order chi connectivity index (χ1) is 14.5. The van der Waals surface area contributed by atoms with Crippen molar-refractivity contribution in [2.45, 2.75) is 13.3 Å². The Morgan fingerprint density at radius 3 is 2.33 bits per heavy atom. The molecule has 2 aromatic carbocycles. The van der Waals surface area contributed by atoms with Crippen molar-refractivity contribution in [1.82, 2.24) is 9.88 Å². The van der Waals surface area contributed by atoms with Crippen LogP contribution in [0.1, 0.15) is 18.9 Å². The number of fused-ring (bicyclic) bond motifs is 1. The molecular weight excluding hydrogens is 382 g/mol. The number of nitrogens with zero attached hydrogens (tertiary/aromatic N) is 2. The molecule has 7 nitrogen and oxygen atoms in total. The second-order valence-corrected chi connectivity index (χ2v) is 7.16. The van der Waals surface area contributed by atoms with Crippen LogP contribution in [-0.4, -0.2) is 62.2 Å². The minimum Gasteiger partial charge on any atom is -0.494 e. The molecule has 160 valence electrons. The number of aromatic nitrogens is 1. The van der Waals surface area contributed by atoms with Gasteiger partial charge in [0.05, 0.1) is 36.7 Å². The maximum absolute atomic E-state index is 10.6. The van der Waals surface area contributed by atoms with Crippen LogP contribution in [0, 0.1) is 0 Å². The Morgan fingerprint density at radius 2 is 1.73 bits per heavy atom. The number of hydrogen-bond donors (Lipinski definition) is 2. The van der Waals surface area contributed by atoms with E-state index in [1.165, 1.54) is 0 Å². The van der Waals surface area contributed by atoms with E-state index in [1.807, 2.05) is 57.4 Å². The van der Waals surface area contributed by atoms with Gasteiger partial charge in [0, 0.05) is 18.0 Å². The third kappa shape index (κ3) is 4.68. The fourth-order valence-electron chi connectivity index (χ4n) is 3.23. The number of H-pyrrole nitrogens is 1. The standard InChI is InChI=1S/C23H29N3O4/c1-6-18(24-15-7-9-16(10-8-15)30-12-11-26(2)3)22-17-13-20(28-4)21(29-5)14-19(17)25-23(22)27/h7-10,13-14,25,27H,6,11-12H2,1-5H3. The van der Waals surface area contributed by atoms with Gasteiger partial charge in [-0.3, -0.25) is 4.99 Å². The van der Waals surface area contributed by atoms with E-state index >= 15 is 0 Å². The predicted molar refractivity (Wildman–Crippen MR) is 120 cm³/mol. The summed E-state index contributed by atoms with van der Waals surface area (Å²) < 4.78 is 16.5. The summed E-state index contributed by atoms with van der Waals surface area (Å²) in [6.45, 7) is 3.49. The van der Waals surface area contributed by atoms with E-state index < -0.39 is 0 Å². The fraction of sp³-hybridized carbons (Fsp3) is 0.348. The van der Waals surface area contributed by atoms with Crippen molar-refractivity contribution in [2.24, 2.45) is 4.99 Å². The van der Waals surface area contributed by atoms with Crippen LogP contribution in [0.25, 0.3) is 10.9 Å². The van der Waals surface area contributed by atoms with Crippen LogP contribution in [0.15, 0.2) is 41.4 Å². The maximum Gasteiger partial charge on any atom is 0.198 e. The smallest absolute Gasteiger partial charge is 0.198 e. The van der Waals surface area contributed by atoms with Gasteiger partial charge < -0.3 is 29.2 Å². The van der Waals surface area contributed by atoms with Crippen molar-refractivity contribution in [3.63, 3.8) is 0 Å². The highest BCUT2D eigenvalue weighted by molar-refractivity contribution is 6.14. The summed E-state index contributed by atoms with van der Waals surface area (Å²) in [5, 5.41) is 11.4. The molecule has 0 atom stereocenters. The second kappa shape index (κ2) is 9.54. The quantitative estimate of drug-likeness (QED) is 0.512. The van der Waals surface area contributed by atoms with E-state index in [0.29, 0.717) is 30.1 Å². The van der Waals surface area contributed by atoms with E-state index in [4.69, 9.17) is 19.2 Å². The lowest BCUT2D eigenvalue weighted by atomic mass is 10.1. The number of aromatic amines is 1. The highest BCUT2D eigenvalue weighted by atomic mass is 16.5. The molecule has 2 N–H and O–H groups in total. The molecule has 0 saturated heterocycles. The van der Waals surface area contributed by atoms with Crippen molar-refractivity contribution in [3.8, 4) is 23.1 Å². The molecule has 3 rings (SSSR count). The lowest BCUT2D eigenvalue weighted by Crippen LogP contribution is -2.19. The zero-order valence-corrected chi connectivity index (χ0v) is 18.2. The number of likely N-dealkylation sites (N-methyl/N-ethyl adjacent to an activating group) is 1. The van der Waals surface area contributed by atoms with Gasteiger partial charge in [0.1, 0.15) is 12.4 Å². The first-order valence-electron chi connectivity index (χ1n) is 9.89. The Balaban J connectivity index is 1.92. The average Bonchev–Trinajstić information content (AvgIpc) is 3.06. The highest BCUT2D eigenvalue weighted by Gasteiger charge is 2.18.